The van der Waals surface area contributed by atoms with E-state index >= 15 is 0 Å². The predicted molar refractivity (Wildman–Crippen MR) is 89.6 cm³/mol. The van der Waals surface area contributed by atoms with Crippen molar-refractivity contribution in [3.05, 3.63) is 76.6 Å². The fourth-order valence-corrected chi connectivity index (χ4v) is 4.33. The van der Waals surface area contributed by atoms with Gasteiger partial charge in [0.15, 0.2) is 0 Å². The molecular weight excluding hydrogens is 302 g/mol. The molecule has 0 aliphatic carbocycles. The largest absolute Gasteiger partial charge is 0.386 e. The quantitative estimate of drug-likeness (QED) is 0.749. The first-order valence-electron chi connectivity index (χ1n) is 8.24. The lowest BCUT2D eigenvalue weighted by atomic mass is 9.82. The molecule has 4 heterocycles. The minimum atomic E-state index is -0.668. The van der Waals surface area contributed by atoms with Crippen LogP contribution >= 0.6 is 0 Å². The van der Waals surface area contributed by atoms with Crippen LogP contribution in [0.25, 0.3) is 11.3 Å². The summed E-state index contributed by atoms with van der Waals surface area (Å²) < 4.78 is 3.85. The highest BCUT2D eigenvalue weighted by Gasteiger charge is 2.40. The number of aliphatic hydroxyl groups is 1. The van der Waals surface area contributed by atoms with Crippen LogP contribution in [0.4, 0.5) is 0 Å². The average Bonchev–Trinajstić information content (AvgIpc) is 3.17. The van der Waals surface area contributed by atoms with Crippen molar-refractivity contribution in [2.24, 2.45) is 5.92 Å². The van der Waals surface area contributed by atoms with Crippen LogP contribution in [0.1, 0.15) is 29.8 Å². The van der Waals surface area contributed by atoms with Crippen molar-refractivity contribution in [3.8, 4) is 11.3 Å². The Bertz CT molecular complexity index is 988. The highest BCUT2D eigenvalue weighted by atomic mass is 16.3. The van der Waals surface area contributed by atoms with E-state index in [2.05, 4.69) is 21.7 Å². The number of hydrogen-bond acceptors (Lipinski definition) is 3. The predicted octanol–water partition coefficient (Wildman–Crippen LogP) is 2.37. The Morgan fingerprint density at radius 1 is 1.12 bits per heavy atom. The van der Waals surface area contributed by atoms with Gasteiger partial charge in [0.1, 0.15) is 0 Å². The standard InChI is InChI=1S/C19H17N3O2/c23-17-7-3-6-15-19(24)14(8-9-21(15)17)18-13-5-2-1-4-12(13)16-10-20-11-22(16)18/h1-7,10-11,14,18-19,24H,8-9H2/t14-,18-,19-/m1/s1. The lowest BCUT2D eigenvalue weighted by Gasteiger charge is -2.35. The minimum absolute atomic E-state index is 0.0170. The zero-order chi connectivity index (χ0) is 16.3. The highest BCUT2D eigenvalue weighted by Crippen LogP contribution is 2.48. The first kappa shape index (κ1) is 13.7. The van der Waals surface area contributed by atoms with Gasteiger partial charge in [0, 0.05) is 24.1 Å². The van der Waals surface area contributed by atoms with Crippen LogP contribution < -0.4 is 5.56 Å². The molecule has 0 radical (unpaired) electrons. The second kappa shape index (κ2) is 4.92. The third-order valence-corrected chi connectivity index (χ3v) is 5.40. The Kier molecular flexibility index (Phi) is 2.82. The van der Waals surface area contributed by atoms with E-state index < -0.39 is 6.10 Å². The summed E-state index contributed by atoms with van der Waals surface area (Å²) in [6.45, 7) is 0.638. The van der Waals surface area contributed by atoms with Crippen molar-refractivity contribution in [1.29, 1.82) is 0 Å². The molecule has 0 saturated carbocycles. The van der Waals surface area contributed by atoms with E-state index in [9.17, 15) is 9.90 Å². The Labute approximate surface area is 138 Å². The van der Waals surface area contributed by atoms with E-state index in [1.165, 1.54) is 11.1 Å². The second-order valence-corrected chi connectivity index (χ2v) is 6.56. The Hall–Kier alpha value is -2.66. The van der Waals surface area contributed by atoms with Gasteiger partial charge in [-0.05, 0) is 18.1 Å². The molecule has 120 valence electrons. The van der Waals surface area contributed by atoms with Gasteiger partial charge in [-0.15, -0.1) is 0 Å². The van der Waals surface area contributed by atoms with Gasteiger partial charge in [-0.3, -0.25) is 4.79 Å². The Balaban J connectivity index is 1.64. The van der Waals surface area contributed by atoms with Gasteiger partial charge < -0.3 is 14.2 Å². The van der Waals surface area contributed by atoms with Crippen molar-refractivity contribution in [2.45, 2.75) is 25.1 Å². The van der Waals surface area contributed by atoms with Gasteiger partial charge in [-0.25, -0.2) is 4.98 Å². The van der Waals surface area contributed by atoms with Crippen LogP contribution in [-0.4, -0.2) is 19.2 Å². The molecule has 24 heavy (non-hydrogen) atoms. The topological polar surface area (TPSA) is 60.0 Å². The molecule has 5 nitrogen and oxygen atoms in total. The normalized spacial score (nSPS) is 24.3. The number of imidazole rings is 1. The molecular formula is C19H17N3O2. The monoisotopic (exact) mass is 319 g/mol. The summed E-state index contributed by atoms with van der Waals surface area (Å²) in [4.78, 5) is 16.3. The molecule has 0 unspecified atom stereocenters. The van der Waals surface area contributed by atoms with Crippen LogP contribution in [0, 0.1) is 5.92 Å². The van der Waals surface area contributed by atoms with Crippen molar-refractivity contribution < 1.29 is 5.11 Å². The molecule has 0 spiro atoms. The summed E-state index contributed by atoms with van der Waals surface area (Å²) in [5.41, 5.74) is 4.18. The zero-order valence-electron chi connectivity index (χ0n) is 13.0. The lowest BCUT2D eigenvalue weighted by Crippen LogP contribution is -2.36. The molecule has 2 aliphatic heterocycles. The number of rotatable bonds is 1. The molecule has 2 aromatic heterocycles. The van der Waals surface area contributed by atoms with Crippen molar-refractivity contribution in [2.75, 3.05) is 0 Å². The highest BCUT2D eigenvalue weighted by molar-refractivity contribution is 5.69. The fourth-order valence-electron chi connectivity index (χ4n) is 4.33. The molecule has 0 saturated heterocycles. The average molecular weight is 319 g/mol. The summed E-state index contributed by atoms with van der Waals surface area (Å²) in [6.07, 6.45) is 3.82. The minimum Gasteiger partial charge on any atom is -0.386 e. The van der Waals surface area contributed by atoms with Crippen LogP contribution in [-0.2, 0) is 6.54 Å². The van der Waals surface area contributed by atoms with E-state index in [1.54, 1.807) is 16.7 Å². The molecule has 5 heteroatoms. The van der Waals surface area contributed by atoms with Gasteiger partial charge in [0.2, 0.25) is 0 Å². The molecule has 1 N–H and O–H groups in total. The number of aromatic nitrogens is 3. The molecule has 3 atom stereocenters. The molecule has 0 amide bonds. The van der Waals surface area contributed by atoms with Gasteiger partial charge in [0.25, 0.3) is 5.56 Å². The van der Waals surface area contributed by atoms with Crippen molar-refractivity contribution in [3.63, 3.8) is 0 Å². The number of hydrogen-bond donors (Lipinski definition) is 1. The lowest BCUT2D eigenvalue weighted by molar-refractivity contribution is 0.0536. The van der Waals surface area contributed by atoms with E-state index in [-0.39, 0.29) is 17.5 Å². The smallest absolute Gasteiger partial charge is 0.250 e. The van der Waals surface area contributed by atoms with Crippen molar-refractivity contribution in [1.82, 2.24) is 14.1 Å². The summed E-state index contributed by atoms with van der Waals surface area (Å²) in [6, 6.07) is 13.5. The molecule has 1 aromatic carbocycles. The number of fused-ring (bicyclic) bond motifs is 4. The van der Waals surface area contributed by atoms with Gasteiger partial charge >= 0.3 is 0 Å². The summed E-state index contributed by atoms with van der Waals surface area (Å²) in [5, 5.41) is 11.0. The molecule has 3 aromatic rings. The van der Waals surface area contributed by atoms with Crippen LogP contribution in [0.15, 0.2) is 59.8 Å². The molecule has 5 rings (SSSR count). The summed E-state index contributed by atoms with van der Waals surface area (Å²) in [5.74, 6) is 0.0170. The second-order valence-electron chi connectivity index (χ2n) is 6.56. The SMILES string of the molecule is O=c1cccc2n1CC[C@H]([C@H]1c3ccccc3-c3cncn31)[C@H]2O. The fraction of sp³-hybridized carbons (Fsp3) is 0.263. The van der Waals surface area contributed by atoms with E-state index in [0.29, 0.717) is 12.2 Å². The van der Waals surface area contributed by atoms with Gasteiger partial charge in [0.05, 0.1) is 36.1 Å². The van der Waals surface area contributed by atoms with E-state index in [1.807, 2.05) is 30.7 Å². The molecule has 0 bridgehead atoms. The van der Waals surface area contributed by atoms with E-state index in [0.717, 1.165) is 12.1 Å². The Morgan fingerprint density at radius 3 is 2.92 bits per heavy atom. The first-order chi connectivity index (χ1) is 11.8. The van der Waals surface area contributed by atoms with Crippen LogP contribution in [0.5, 0.6) is 0 Å². The van der Waals surface area contributed by atoms with Gasteiger partial charge in [-0.1, -0.05) is 30.3 Å². The number of benzene rings is 1. The third-order valence-electron chi connectivity index (χ3n) is 5.40. The number of aliphatic hydroxyl groups excluding tert-OH is 1. The molecule has 0 fully saturated rings. The van der Waals surface area contributed by atoms with E-state index in [4.69, 9.17) is 0 Å². The Morgan fingerprint density at radius 2 is 2.00 bits per heavy atom. The zero-order valence-corrected chi connectivity index (χ0v) is 13.0. The summed E-state index contributed by atoms with van der Waals surface area (Å²) in [7, 11) is 0. The first-order valence-corrected chi connectivity index (χ1v) is 8.24. The van der Waals surface area contributed by atoms with Crippen molar-refractivity contribution >= 4 is 0 Å². The maximum Gasteiger partial charge on any atom is 0.250 e. The number of pyridine rings is 1. The summed E-state index contributed by atoms with van der Waals surface area (Å²) >= 11 is 0. The van der Waals surface area contributed by atoms with Crippen LogP contribution in [0.3, 0.4) is 0 Å². The maximum absolute atomic E-state index is 12.0. The van der Waals surface area contributed by atoms with Crippen LogP contribution in [0.2, 0.25) is 0 Å². The van der Waals surface area contributed by atoms with Gasteiger partial charge in [-0.2, -0.15) is 0 Å². The maximum atomic E-state index is 12.0. The number of nitrogens with zero attached hydrogens (tertiary/aromatic N) is 3. The molecule has 2 aliphatic rings. The third kappa shape index (κ3) is 1.73.